The molecule has 1 N–H and O–H groups in total. The molecule has 0 bridgehead atoms. The number of rotatable bonds is 7. The lowest BCUT2D eigenvalue weighted by Gasteiger charge is -2.39. The fourth-order valence-corrected chi connectivity index (χ4v) is 3.06. The van der Waals surface area contributed by atoms with E-state index in [1.807, 2.05) is 0 Å². The number of aliphatic hydroxyl groups is 1. The Kier molecular flexibility index (Phi) is 6.18. The molecule has 1 atom stereocenters. The third-order valence-electron chi connectivity index (χ3n) is 4.17. The van der Waals surface area contributed by atoms with Crippen molar-refractivity contribution in [3.05, 3.63) is 23.8 Å². The van der Waals surface area contributed by atoms with Gasteiger partial charge in [0, 0.05) is 25.1 Å². The van der Waals surface area contributed by atoms with Crippen molar-refractivity contribution in [1.29, 1.82) is 0 Å². The van der Waals surface area contributed by atoms with Crippen molar-refractivity contribution in [3.63, 3.8) is 0 Å². The summed E-state index contributed by atoms with van der Waals surface area (Å²) in [5.41, 5.74) is 0.914. The second-order valence-electron chi connectivity index (χ2n) is 6.38. The van der Waals surface area contributed by atoms with Gasteiger partial charge in [-0.1, -0.05) is 13.0 Å². The zero-order chi connectivity index (χ0) is 16.9. The van der Waals surface area contributed by atoms with E-state index in [4.69, 9.17) is 4.74 Å². The lowest BCUT2D eigenvalue weighted by molar-refractivity contribution is -0.0514. The molecule has 0 radical (unpaired) electrons. The first-order chi connectivity index (χ1) is 11.0. The van der Waals surface area contributed by atoms with Gasteiger partial charge < -0.3 is 14.6 Å². The Balaban J connectivity index is 2.09. The molecule has 23 heavy (non-hydrogen) atoms. The van der Waals surface area contributed by atoms with Crippen LogP contribution < -0.4 is 9.47 Å². The highest BCUT2D eigenvalue weighted by atomic mass is 19.3. The van der Waals surface area contributed by atoms with E-state index < -0.39 is 6.61 Å². The highest BCUT2D eigenvalue weighted by Gasteiger charge is 2.30. The third-order valence-corrected chi connectivity index (χ3v) is 4.17. The average Bonchev–Trinajstić information content (AvgIpc) is 2.50. The number of alkyl halides is 2. The fourth-order valence-electron chi connectivity index (χ4n) is 3.06. The molecule has 1 aromatic carbocycles. The van der Waals surface area contributed by atoms with Crippen LogP contribution in [0.4, 0.5) is 8.78 Å². The van der Waals surface area contributed by atoms with Crippen molar-refractivity contribution in [2.75, 3.05) is 26.3 Å². The predicted octanol–water partition coefficient (Wildman–Crippen LogP) is 3.28. The maximum Gasteiger partial charge on any atom is 0.387 e. The summed E-state index contributed by atoms with van der Waals surface area (Å²) in [6, 6.07) is 5.07. The molecule has 1 aliphatic rings. The molecule has 1 aliphatic heterocycles. The van der Waals surface area contributed by atoms with E-state index in [1.165, 1.54) is 6.07 Å². The van der Waals surface area contributed by atoms with E-state index in [9.17, 15) is 13.9 Å². The van der Waals surface area contributed by atoms with Gasteiger partial charge in [-0.2, -0.15) is 8.78 Å². The first kappa shape index (κ1) is 17.9. The molecule has 6 heteroatoms. The summed E-state index contributed by atoms with van der Waals surface area (Å²) < 4.78 is 34.8. The van der Waals surface area contributed by atoms with Crippen molar-refractivity contribution >= 4 is 0 Å². The molecule has 0 spiro atoms. The van der Waals surface area contributed by atoms with E-state index in [0.29, 0.717) is 18.9 Å². The van der Waals surface area contributed by atoms with E-state index >= 15 is 0 Å². The van der Waals surface area contributed by atoms with E-state index in [1.54, 1.807) is 19.1 Å². The number of ether oxygens (including phenoxy) is 2. The Morgan fingerprint density at radius 2 is 2.13 bits per heavy atom. The van der Waals surface area contributed by atoms with E-state index in [2.05, 4.69) is 16.6 Å². The van der Waals surface area contributed by atoms with Crippen molar-refractivity contribution in [3.8, 4) is 11.5 Å². The quantitative estimate of drug-likeness (QED) is 0.833. The number of hydrogen-bond acceptors (Lipinski definition) is 4. The molecule has 1 unspecified atom stereocenters. The summed E-state index contributed by atoms with van der Waals surface area (Å²) >= 11 is 0. The molecule has 1 fully saturated rings. The van der Waals surface area contributed by atoms with Gasteiger partial charge in [0.05, 0.1) is 6.61 Å². The topological polar surface area (TPSA) is 41.9 Å². The van der Waals surface area contributed by atoms with Crippen LogP contribution in [0.2, 0.25) is 0 Å². The highest BCUT2D eigenvalue weighted by Crippen LogP contribution is 2.32. The zero-order valence-corrected chi connectivity index (χ0v) is 13.7. The van der Waals surface area contributed by atoms with Crippen molar-refractivity contribution in [2.24, 2.45) is 5.41 Å². The Hall–Kier alpha value is -1.40. The van der Waals surface area contributed by atoms with Gasteiger partial charge in [0.15, 0.2) is 11.5 Å². The molecule has 1 saturated heterocycles. The van der Waals surface area contributed by atoms with E-state index in [-0.39, 0.29) is 17.8 Å². The van der Waals surface area contributed by atoms with Crippen LogP contribution in [0.25, 0.3) is 0 Å². The summed E-state index contributed by atoms with van der Waals surface area (Å²) in [7, 11) is 0. The van der Waals surface area contributed by atoms with Gasteiger partial charge in [-0.15, -0.1) is 0 Å². The molecule has 0 amide bonds. The minimum absolute atomic E-state index is 0.0597. The third kappa shape index (κ3) is 5.04. The van der Waals surface area contributed by atoms with Gasteiger partial charge in [-0.3, -0.25) is 4.90 Å². The predicted molar refractivity (Wildman–Crippen MR) is 83.9 cm³/mol. The number of halogens is 2. The first-order valence-corrected chi connectivity index (χ1v) is 7.99. The summed E-state index contributed by atoms with van der Waals surface area (Å²) in [6.07, 6.45) is 2.06. The van der Waals surface area contributed by atoms with Gasteiger partial charge in [0.1, 0.15) is 0 Å². The molecular weight excluding hydrogens is 304 g/mol. The first-order valence-electron chi connectivity index (χ1n) is 7.99. The summed E-state index contributed by atoms with van der Waals surface area (Å²) in [4.78, 5) is 2.28. The molecule has 0 saturated carbocycles. The van der Waals surface area contributed by atoms with Gasteiger partial charge >= 0.3 is 6.61 Å². The monoisotopic (exact) mass is 329 g/mol. The summed E-state index contributed by atoms with van der Waals surface area (Å²) in [5.74, 6) is 0.400. The molecular formula is C17H25F2NO3. The number of aliphatic hydroxyl groups excluding tert-OH is 1. The van der Waals surface area contributed by atoms with Crippen LogP contribution in [0.1, 0.15) is 32.3 Å². The minimum atomic E-state index is -2.87. The molecule has 1 aromatic rings. The van der Waals surface area contributed by atoms with Crippen LogP contribution in [-0.2, 0) is 6.54 Å². The standard InChI is InChI=1S/C17H25F2NO3/c1-3-22-15-9-13(5-6-14(15)23-16(18)19)10-20-8-4-7-17(2,11-20)12-21/h5-6,9,16,21H,3-4,7-8,10-12H2,1-2H3. The van der Waals surface area contributed by atoms with E-state index in [0.717, 1.165) is 31.5 Å². The lowest BCUT2D eigenvalue weighted by atomic mass is 9.82. The average molecular weight is 329 g/mol. The number of benzene rings is 1. The van der Waals surface area contributed by atoms with Gasteiger partial charge in [-0.05, 0) is 44.0 Å². The van der Waals surface area contributed by atoms with Gasteiger partial charge in [0.2, 0.25) is 0 Å². The zero-order valence-electron chi connectivity index (χ0n) is 13.7. The Labute approximate surface area is 136 Å². The minimum Gasteiger partial charge on any atom is -0.490 e. The summed E-state index contributed by atoms with van der Waals surface area (Å²) in [6.45, 7) is 4.07. The van der Waals surface area contributed by atoms with Crippen LogP contribution >= 0.6 is 0 Å². The largest absolute Gasteiger partial charge is 0.490 e. The molecule has 2 rings (SSSR count). The molecule has 0 aliphatic carbocycles. The van der Waals surface area contributed by atoms with Gasteiger partial charge in [0.25, 0.3) is 0 Å². The Bertz CT molecular complexity index is 513. The number of hydrogen-bond donors (Lipinski definition) is 1. The summed E-state index contributed by atoms with van der Waals surface area (Å²) in [5, 5.41) is 9.53. The molecule has 130 valence electrons. The SMILES string of the molecule is CCOc1cc(CN2CCCC(C)(CO)C2)ccc1OC(F)F. The van der Waals surface area contributed by atoms with Crippen molar-refractivity contribution in [1.82, 2.24) is 4.90 Å². The normalized spacial score (nSPS) is 22.3. The molecule has 4 nitrogen and oxygen atoms in total. The number of likely N-dealkylation sites (tertiary alicyclic amines) is 1. The highest BCUT2D eigenvalue weighted by molar-refractivity contribution is 5.43. The van der Waals surface area contributed by atoms with Crippen molar-refractivity contribution in [2.45, 2.75) is 39.8 Å². The molecule has 1 heterocycles. The van der Waals surface area contributed by atoms with Crippen LogP contribution in [-0.4, -0.2) is 42.9 Å². The number of nitrogens with zero attached hydrogens (tertiary/aromatic N) is 1. The Morgan fingerprint density at radius 1 is 1.35 bits per heavy atom. The maximum absolute atomic E-state index is 12.4. The van der Waals surface area contributed by atoms with Crippen LogP contribution in [0.3, 0.4) is 0 Å². The van der Waals surface area contributed by atoms with Crippen LogP contribution in [0.5, 0.6) is 11.5 Å². The van der Waals surface area contributed by atoms with Crippen LogP contribution in [0, 0.1) is 5.41 Å². The lowest BCUT2D eigenvalue weighted by Crippen LogP contribution is -2.43. The van der Waals surface area contributed by atoms with Crippen molar-refractivity contribution < 1.29 is 23.4 Å². The second kappa shape index (κ2) is 7.93. The maximum atomic E-state index is 12.4. The smallest absolute Gasteiger partial charge is 0.387 e. The van der Waals surface area contributed by atoms with Crippen LogP contribution in [0.15, 0.2) is 18.2 Å². The number of piperidine rings is 1. The molecule has 0 aromatic heterocycles. The Morgan fingerprint density at radius 3 is 2.78 bits per heavy atom. The second-order valence-corrected chi connectivity index (χ2v) is 6.38. The fraction of sp³-hybridized carbons (Fsp3) is 0.647. The van der Waals surface area contributed by atoms with Gasteiger partial charge in [-0.25, -0.2) is 0 Å².